The Balaban J connectivity index is 3.10. The lowest BCUT2D eigenvalue weighted by molar-refractivity contribution is -0.414. The van der Waals surface area contributed by atoms with Crippen LogP contribution in [0.5, 0.6) is 0 Å². The topological polar surface area (TPSA) is 27.6 Å². The van der Waals surface area contributed by atoms with Crippen LogP contribution in [0.3, 0.4) is 0 Å². The van der Waals surface area contributed by atoms with Gasteiger partial charge < -0.3 is 5.73 Å². The Hall–Kier alpha value is 0.310. The molecule has 0 aliphatic carbocycles. The summed E-state index contributed by atoms with van der Waals surface area (Å²) in [6, 6.07) is 0.540. The third-order valence-electron chi connectivity index (χ3n) is 1.06. The molecule has 0 saturated heterocycles. The van der Waals surface area contributed by atoms with Crippen LogP contribution in [-0.4, -0.2) is 11.8 Å². The highest BCUT2D eigenvalue weighted by molar-refractivity contribution is 7.80. The Morgan fingerprint density at radius 1 is 1.50 bits per heavy atom. The summed E-state index contributed by atoms with van der Waals surface area (Å²) in [6.07, 6.45) is 1.20. The summed E-state index contributed by atoms with van der Waals surface area (Å²) in [5.41, 5.74) is 3.92. The molecule has 50 valence electrons. The zero-order valence-electron chi connectivity index (χ0n) is 5.72. The van der Waals surface area contributed by atoms with Crippen LogP contribution in [-0.2, 0) is 0 Å². The van der Waals surface area contributed by atoms with Crippen LogP contribution in [0.25, 0.3) is 0 Å². The molecule has 0 aromatic carbocycles. The molecule has 1 nitrogen and oxygen atoms in total. The lowest BCUT2D eigenvalue weighted by atomic mass is 10.1. The third-order valence-corrected chi connectivity index (χ3v) is 1.58. The van der Waals surface area contributed by atoms with Gasteiger partial charge in [-0.05, 0) is 5.92 Å². The van der Waals surface area contributed by atoms with Crippen molar-refractivity contribution in [2.45, 2.75) is 26.3 Å². The minimum Gasteiger partial charge on any atom is -0.354 e. The number of hydrogen-bond acceptors (Lipinski definition) is 1. The SMILES string of the molecule is CC(C)C[C@H]([NH3+])CS. The average Bonchev–Trinajstić information content (AvgIpc) is 1.65. The summed E-state index contributed by atoms with van der Waals surface area (Å²) in [6.45, 7) is 4.42. The molecule has 0 aliphatic rings. The van der Waals surface area contributed by atoms with E-state index in [9.17, 15) is 0 Å². The van der Waals surface area contributed by atoms with E-state index >= 15 is 0 Å². The van der Waals surface area contributed by atoms with Gasteiger partial charge in [0.25, 0.3) is 0 Å². The summed E-state index contributed by atoms with van der Waals surface area (Å²) in [7, 11) is 0. The van der Waals surface area contributed by atoms with Gasteiger partial charge in [0.1, 0.15) is 0 Å². The molecule has 8 heavy (non-hydrogen) atoms. The molecule has 3 N–H and O–H groups in total. The van der Waals surface area contributed by atoms with Crippen molar-refractivity contribution in [2.24, 2.45) is 5.92 Å². The largest absolute Gasteiger partial charge is 0.354 e. The van der Waals surface area contributed by atoms with Gasteiger partial charge in [-0.25, -0.2) is 0 Å². The van der Waals surface area contributed by atoms with Gasteiger partial charge in [0, 0.05) is 12.2 Å². The Bertz CT molecular complexity index is 54.5. The Kier molecular flexibility index (Phi) is 4.38. The first-order chi connectivity index (χ1) is 3.66. The van der Waals surface area contributed by atoms with Crippen LogP contribution in [0.4, 0.5) is 0 Å². The van der Waals surface area contributed by atoms with Crippen molar-refractivity contribution in [2.75, 3.05) is 5.75 Å². The minimum absolute atomic E-state index is 0.540. The van der Waals surface area contributed by atoms with Crippen LogP contribution < -0.4 is 5.73 Å². The van der Waals surface area contributed by atoms with Crippen molar-refractivity contribution in [3.63, 3.8) is 0 Å². The number of thiol groups is 1. The van der Waals surface area contributed by atoms with Crippen molar-refractivity contribution in [3.05, 3.63) is 0 Å². The summed E-state index contributed by atoms with van der Waals surface area (Å²) in [5, 5.41) is 0. The van der Waals surface area contributed by atoms with Crippen LogP contribution >= 0.6 is 12.6 Å². The summed E-state index contributed by atoms with van der Waals surface area (Å²) < 4.78 is 0. The molecule has 0 aromatic heterocycles. The predicted octanol–water partition coefficient (Wildman–Crippen LogP) is 0.573. The molecule has 0 radical (unpaired) electrons. The first-order valence-corrected chi connectivity index (χ1v) is 3.74. The standard InChI is InChI=1S/C6H15NS/c1-5(2)3-6(7)4-8/h5-6,8H,3-4,7H2,1-2H3/p+1/t6-/m0/s1. The molecular formula is C6H16NS+. The quantitative estimate of drug-likeness (QED) is 0.528. The van der Waals surface area contributed by atoms with E-state index in [1.165, 1.54) is 6.42 Å². The first-order valence-electron chi connectivity index (χ1n) is 3.10. The van der Waals surface area contributed by atoms with Gasteiger partial charge in [-0.2, -0.15) is 12.6 Å². The average molecular weight is 134 g/mol. The van der Waals surface area contributed by atoms with E-state index in [-0.39, 0.29) is 0 Å². The van der Waals surface area contributed by atoms with Gasteiger partial charge in [0.15, 0.2) is 0 Å². The van der Waals surface area contributed by atoms with Crippen molar-refractivity contribution in [3.8, 4) is 0 Å². The fourth-order valence-corrected chi connectivity index (χ4v) is 0.890. The van der Waals surface area contributed by atoms with Gasteiger partial charge in [0.2, 0.25) is 0 Å². The van der Waals surface area contributed by atoms with E-state index in [0.29, 0.717) is 6.04 Å². The van der Waals surface area contributed by atoms with E-state index < -0.39 is 0 Å². The third kappa shape index (κ3) is 4.47. The van der Waals surface area contributed by atoms with E-state index in [0.717, 1.165) is 11.7 Å². The highest BCUT2D eigenvalue weighted by atomic mass is 32.1. The van der Waals surface area contributed by atoms with Gasteiger partial charge in [-0.3, -0.25) is 0 Å². The second-order valence-electron chi connectivity index (χ2n) is 2.68. The minimum atomic E-state index is 0.540. The number of quaternary nitrogens is 1. The lowest BCUT2D eigenvalue weighted by Gasteiger charge is -2.06. The maximum absolute atomic E-state index is 4.13. The molecule has 0 heterocycles. The summed E-state index contributed by atoms with van der Waals surface area (Å²) in [4.78, 5) is 0. The molecule has 0 aromatic rings. The summed E-state index contributed by atoms with van der Waals surface area (Å²) >= 11 is 4.13. The van der Waals surface area contributed by atoms with E-state index in [2.05, 4.69) is 32.2 Å². The summed E-state index contributed by atoms with van der Waals surface area (Å²) in [5.74, 6) is 1.68. The lowest BCUT2D eigenvalue weighted by Crippen LogP contribution is -2.62. The Labute approximate surface area is 57.1 Å². The molecule has 2 heteroatoms. The van der Waals surface area contributed by atoms with Crippen LogP contribution in [0, 0.1) is 5.92 Å². The van der Waals surface area contributed by atoms with Gasteiger partial charge in [0.05, 0.1) is 6.04 Å². The van der Waals surface area contributed by atoms with Crippen molar-refractivity contribution in [1.82, 2.24) is 0 Å². The van der Waals surface area contributed by atoms with Crippen LogP contribution in [0.1, 0.15) is 20.3 Å². The second kappa shape index (κ2) is 4.21. The van der Waals surface area contributed by atoms with Gasteiger partial charge >= 0.3 is 0 Å². The van der Waals surface area contributed by atoms with Crippen LogP contribution in [0.2, 0.25) is 0 Å². The fraction of sp³-hybridized carbons (Fsp3) is 1.00. The van der Waals surface area contributed by atoms with E-state index in [1.807, 2.05) is 0 Å². The molecule has 0 aliphatic heterocycles. The zero-order valence-corrected chi connectivity index (χ0v) is 6.62. The predicted molar refractivity (Wildman–Crippen MR) is 40.0 cm³/mol. The highest BCUT2D eigenvalue weighted by Gasteiger charge is 2.04. The molecule has 0 spiro atoms. The van der Waals surface area contributed by atoms with Crippen molar-refractivity contribution in [1.29, 1.82) is 0 Å². The van der Waals surface area contributed by atoms with E-state index in [1.54, 1.807) is 0 Å². The highest BCUT2D eigenvalue weighted by Crippen LogP contribution is 2.01. The number of hydrogen-bond donors (Lipinski definition) is 2. The fourth-order valence-electron chi connectivity index (χ4n) is 0.741. The maximum atomic E-state index is 4.13. The molecular weight excluding hydrogens is 118 g/mol. The Morgan fingerprint density at radius 3 is 2.12 bits per heavy atom. The smallest absolute Gasteiger partial charge is 0.0935 e. The zero-order chi connectivity index (χ0) is 6.57. The second-order valence-corrected chi connectivity index (χ2v) is 3.04. The molecule has 0 fully saturated rings. The molecule has 0 bridgehead atoms. The van der Waals surface area contributed by atoms with Crippen LogP contribution in [0.15, 0.2) is 0 Å². The molecule has 0 saturated carbocycles. The van der Waals surface area contributed by atoms with E-state index in [4.69, 9.17) is 0 Å². The number of rotatable bonds is 3. The molecule has 0 rings (SSSR count). The van der Waals surface area contributed by atoms with Gasteiger partial charge in [-0.15, -0.1) is 0 Å². The molecule has 0 unspecified atom stereocenters. The van der Waals surface area contributed by atoms with Crippen molar-refractivity contribution >= 4 is 12.6 Å². The maximum Gasteiger partial charge on any atom is 0.0935 e. The van der Waals surface area contributed by atoms with Crippen molar-refractivity contribution < 1.29 is 5.73 Å². The first kappa shape index (κ1) is 8.31. The monoisotopic (exact) mass is 134 g/mol. The van der Waals surface area contributed by atoms with Gasteiger partial charge in [-0.1, -0.05) is 13.8 Å². The normalized spacial score (nSPS) is 14.6. The Morgan fingerprint density at radius 2 is 2.00 bits per heavy atom. The molecule has 1 atom stereocenters. The molecule has 0 amide bonds.